The lowest BCUT2D eigenvalue weighted by Crippen LogP contribution is -2.40. The van der Waals surface area contributed by atoms with Crippen LogP contribution in [-0.2, 0) is 6.54 Å². The van der Waals surface area contributed by atoms with Crippen LogP contribution in [0.5, 0.6) is 0 Å². The minimum Gasteiger partial charge on any atom is -0.296 e. The second kappa shape index (κ2) is 6.61. The van der Waals surface area contributed by atoms with Gasteiger partial charge in [0.05, 0.1) is 11.7 Å². The van der Waals surface area contributed by atoms with Gasteiger partial charge in [0.2, 0.25) is 0 Å². The molecule has 20 heavy (non-hydrogen) atoms. The summed E-state index contributed by atoms with van der Waals surface area (Å²) in [4.78, 5) is 3.14. The topological polar surface area (TPSA) is 21.1 Å². The molecule has 4 heteroatoms. The van der Waals surface area contributed by atoms with Crippen molar-refractivity contribution >= 4 is 15.9 Å². The molecule has 2 aliphatic carbocycles. The summed E-state index contributed by atoms with van der Waals surface area (Å²) >= 11 is 3.86. The molecule has 1 aromatic rings. The number of alkyl halides is 1. The zero-order valence-electron chi connectivity index (χ0n) is 12.5. The third kappa shape index (κ3) is 3.28. The normalized spacial score (nSPS) is 28.4. The average Bonchev–Trinajstić information content (AvgIpc) is 3.09. The smallest absolute Gasteiger partial charge is 0.0764 e. The highest BCUT2D eigenvalue weighted by molar-refractivity contribution is 9.09. The molecule has 112 valence electrons. The first-order chi connectivity index (χ1) is 9.74. The molecule has 0 bridgehead atoms. The van der Waals surface area contributed by atoms with E-state index in [4.69, 9.17) is 5.10 Å². The van der Waals surface area contributed by atoms with Gasteiger partial charge in [-0.1, -0.05) is 41.6 Å². The zero-order valence-corrected chi connectivity index (χ0v) is 14.1. The van der Waals surface area contributed by atoms with Gasteiger partial charge in [-0.25, -0.2) is 0 Å². The van der Waals surface area contributed by atoms with Crippen LogP contribution in [-0.4, -0.2) is 32.6 Å². The van der Waals surface area contributed by atoms with E-state index in [0.29, 0.717) is 16.9 Å². The van der Waals surface area contributed by atoms with Gasteiger partial charge in [0.1, 0.15) is 0 Å². The van der Waals surface area contributed by atoms with Crippen LogP contribution in [0.15, 0.2) is 12.3 Å². The first kappa shape index (κ1) is 14.6. The molecule has 0 amide bonds. The molecule has 2 aliphatic rings. The Balaban J connectivity index is 1.59. The fourth-order valence-electron chi connectivity index (χ4n) is 3.77. The van der Waals surface area contributed by atoms with E-state index in [2.05, 4.69) is 44.8 Å². The van der Waals surface area contributed by atoms with Crippen molar-refractivity contribution in [1.82, 2.24) is 14.7 Å². The second-order valence-electron chi connectivity index (χ2n) is 6.51. The molecule has 0 aliphatic heterocycles. The van der Waals surface area contributed by atoms with Crippen molar-refractivity contribution in [2.45, 2.75) is 74.8 Å². The summed E-state index contributed by atoms with van der Waals surface area (Å²) in [6, 6.07) is 3.54. The highest BCUT2D eigenvalue weighted by Gasteiger charge is 2.26. The van der Waals surface area contributed by atoms with E-state index in [0.717, 1.165) is 6.54 Å². The van der Waals surface area contributed by atoms with E-state index in [-0.39, 0.29) is 0 Å². The average molecular weight is 340 g/mol. The Morgan fingerprint density at radius 3 is 2.65 bits per heavy atom. The lowest BCUT2D eigenvalue weighted by atomic mass is 9.94. The fraction of sp³-hybridized carbons (Fsp3) is 0.812. The van der Waals surface area contributed by atoms with Gasteiger partial charge in [0.15, 0.2) is 0 Å². The van der Waals surface area contributed by atoms with Gasteiger partial charge >= 0.3 is 0 Å². The quantitative estimate of drug-likeness (QED) is 0.768. The van der Waals surface area contributed by atoms with E-state index in [1.165, 1.54) is 57.1 Å². The molecule has 1 heterocycles. The standard InChI is InChI=1S/C16H26BrN3/c1-19(16-9-5-4-8-15(16)17)12-13-10-11-20(18-13)14-6-2-3-7-14/h10-11,14-16H,2-9,12H2,1H3. The maximum Gasteiger partial charge on any atom is 0.0764 e. The number of hydrogen-bond acceptors (Lipinski definition) is 2. The molecule has 2 fully saturated rings. The largest absolute Gasteiger partial charge is 0.296 e. The van der Waals surface area contributed by atoms with Gasteiger partial charge in [-0.2, -0.15) is 5.10 Å². The summed E-state index contributed by atoms with van der Waals surface area (Å²) in [7, 11) is 2.25. The van der Waals surface area contributed by atoms with Gasteiger partial charge < -0.3 is 0 Å². The first-order valence-corrected chi connectivity index (χ1v) is 9.04. The van der Waals surface area contributed by atoms with E-state index >= 15 is 0 Å². The van der Waals surface area contributed by atoms with Crippen molar-refractivity contribution in [3.8, 4) is 0 Å². The maximum absolute atomic E-state index is 4.81. The lowest BCUT2D eigenvalue weighted by Gasteiger charge is -2.34. The highest BCUT2D eigenvalue weighted by atomic mass is 79.9. The predicted octanol–water partition coefficient (Wildman–Crippen LogP) is 4.14. The summed E-state index contributed by atoms with van der Waals surface area (Å²) in [6.07, 6.45) is 12.9. The van der Waals surface area contributed by atoms with Crippen LogP contribution >= 0.6 is 15.9 Å². The molecule has 2 atom stereocenters. The molecule has 3 rings (SSSR count). The lowest BCUT2D eigenvalue weighted by molar-refractivity contribution is 0.190. The Labute approximate surface area is 130 Å². The van der Waals surface area contributed by atoms with Crippen molar-refractivity contribution in [2.24, 2.45) is 0 Å². The first-order valence-electron chi connectivity index (χ1n) is 8.12. The SMILES string of the molecule is CN(Cc1ccn(C2CCCC2)n1)C1CCCCC1Br. The predicted molar refractivity (Wildman–Crippen MR) is 86.2 cm³/mol. The Hall–Kier alpha value is -0.350. The molecule has 0 radical (unpaired) electrons. The minimum absolute atomic E-state index is 0.651. The monoisotopic (exact) mass is 339 g/mol. The number of aromatic nitrogens is 2. The van der Waals surface area contributed by atoms with Crippen molar-refractivity contribution < 1.29 is 0 Å². The van der Waals surface area contributed by atoms with Crippen LogP contribution < -0.4 is 0 Å². The van der Waals surface area contributed by atoms with Gasteiger partial charge in [-0.05, 0) is 38.8 Å². The van der Waals surface area contributed by atoms with Crippen molar-refractivity contribution in [3.05, 3.63) is 18.0 Å². The maximum atomic E-state index is 4.81. The third-order valence-corrected chi connectivity index (χ3v) is 6.06. The third-order valence-electron chi connectivity index (χ3n) is 4.99. The minimum atomic E-state index is 0.651. The number of halogens is 1. The van der Waals surface area contributed by atoms with Crippen molar-refractivity contribution in [1.29, 1.82) is 0 Å². The van der Waals surface area contributed by atoms with Crippen LogP contribution in [0.2, 0.25) is 0 Å². The molecule has 0 aromatic carbocycles. The summed E-state index contributed by atoms with van der Waals surface area (Å²) in [5.74, 6) is 0. The van der Waals surface area contributed by atoms with Crippen LogP contribution in [0.25, 0.3) is 0 Å². The highest BCUT2D eigenvalue weighted by Crippen LogP contribution is 2.30. The Kier molecular flexibility index (Phi) is 4.82. The van der Waals surface area contributed by atoms with E-state index in [9.17, 15) is 0 Å². The van der Waals surface area contributed by atoms with Gasteiger partial charge in [-0.15, -0.1) is 0 Å². The Morgan fingerprint density at radius 2 is 1.90 bits per heavy atom. The van der Waals surface area contributed by atoms with E-state index in [1.54, 1.807) is 0 Å². The van der Waals surface area contributed by atoms with E-state index in [1.807, 2.05) is 0 Å². The van der Waals surface area contributed by atoms with Crippen molar-refractivity contribution in [3.63, 3.8) is 0 Å². The molecule has 0 spiro atoms. The summed E-state index contributed by atoms with van der Waals surface area (Å²) in [5.41, 5.74) is 1.23. The molecule has 0 N–H and O–H groups in total. The molecule has 2 saturated carbocycles. The van der Waals surface area contributed by atoms with Crippen molar-refractivity contribution in [2.75, 3.05) is 7.05 Å². The van der Waals surface area contributed by atoms with Gasteiger partial charge in [-0.3, -0.25) is 9.58 Å². The molecular formula is C16H26BrN3. The Bertz CT molecular complexity index is 425. The molecule has 0 saturated heterocycles. The summed E-state index contributed by atoms with van der Waals surface area (Å²) in [5, 5.41) is 4.81. The summed E-state index contributed by atoms with van der Waals surface area (Å²) < 4.78 is 2.21. The van der Waals surface area contributed by atoms with Crippen LogP contribution in [0.1, 0.15) is 63.1 Å². The van der Waals surface area contributed by atoms with Gasteiger partial charge in [0.25, 0.3) is 0 Å². The molecule has 2 unspecified atom stereocenters. The Morgan fingerprint density at radius 1 is 1.20 bits per heavy atom. The number of nitrogens with zero attached hydrogens (tertiary/aromatic N) is 3. The second-order valence-corrected chi connectivity index (χ2v) is 7.68. The number of rotatable bonds is 4. The van der Waals surface area contributed by atoms with Crippen LogP contribution in [0.4, 0.5) is 0 Å². The van der Waals surface area contributed by atoms with Gasteiger partial charge in [0, 0.05) is 23.6 Å². The number of hydrogen-bond donors (Lipinski definition) is 0. The zero-order chi connectivity index (χ0) is 13.9. The van der Waals surface area contributed by atoms with E-state index < -0.39 is 0 Å². The van der Waals surface area contributed by atoms with Crippen LogP contribution in [0, 0.1) is 0 Å². The fourth-order valence-corrected chi connectivity index (χ4v) is 4.76. The molecule has 1 aromatic heterocycles. The van der Waals surface area contributed by atoms with Crippen LogP contribution in [0.3, 0.4) is 0 Å². The summed E-state index contributed by atoms with van der Waals surface area (Å²) in [6.45, 7) is 0.979. The molecular weight excluding hydrogens is 314 g/mol. The molecule has 3 nitrogen and oxygen atoms in total.